The Labute approximate surface area is 158 Å². The molecule has 0 aliphatic carbocycles. The van der Waals surface area contributed by atoms with Gasteiger partial charge in [-0.2, -0.15) is 5.26 Å². The highest BCUT2D eigenvalue weighted by atomic mass is 16.5. The summed E-state index contributed by atoms with van der Waals surface area (Å²) in [6, 6.07) is 18.2. The third-order valence-corrected chi connectivity index (χ3v) is 4.54. The van der Waals surface area contributed by atoms with Gasteiger partial charge in [-0.25, -0.2) is 0 Å². The molecule has 1 aliphatic heterocycles. The molecule has 2 amide bonds. The predicted octanol–water partition coefficient (Wildman–Crippen LogP) is 2.59. The molecule has 6 nitrogen and oxygen atoms in total. The predicted molar refractivity (Wildman–Crippen MR) is 101 cm³/mol. The minimum Gasteiger partial charge on any atom is -0.493 e. The number of hydrogen-bond donors (Lipinski definition) is 0. The van der Waals surface area contributed by atoms with Gasteiger partial charge in [0, 0.05) is 18.3 Å². The summed E-state index contributed by atoms with van der Waals surface area (Å²) in [4.78, 5) is 28.3. The highest BCUT2D eigenvalue weighted by Crippen LogP contribution is 2.21. The Balaban J connectivity index is 1.56. The number of anilines is 1. The number of piperazine rings is 1. The Hall–Kier alpha value is -3.33. The SMILES string of the molecule is C[C@H]1CN(c2ccc(C#N)cc2)C(=O)CN1C(=O)CCOc1ccccc1. The lowest BCUT2D eigenvalue weighted by molar-refractivity contribution is -0.139. The van der Waals surface area contributed by atoms with Crippen molar-refractivity contribution in [3.05, 3.63) is 60.2 Å². The first-order valence-electron chi connectivity index (χ1n) is 8.86. The van der Waals surface area contributed by atoms with E-state index in [0.717, 1.165) is 11.4 Å². The summed E-state index contributed by atoms with van der Waals surface area (Å²) in [7, 11) is 0. The third-order valence-electron chi connectivity index (χ3n) is 4.54. The van der Waals surface area contributed by atoms with Crippen molar-refractivity contribution in [2.75, 3.05) is 24.6 Å². The van der Waals surface area contributed by atoms with E-state index in [9.17, 15) is 9.59 Å². The van der Waals surface area contributed by atoms with E-state index in [4.69, 9.17) is 10.00 Å². The lowest BCUT2D eigenvalue weighted by atomic mass is 10.1. The standard InChI is InChI=1S/C21H21N3O3/c1-16-14-24(18-9-7-17(13-22)8-10-18)21(26)15-23(16)20(25)11-12-27-19-5-3-2-4-6-19/h2-10,16H,11-12,14-15H2,1H3/t16-/m0/s1. The molecule has 0 bridgehead atoms. The summed E-state index contributed by atoms with van der Waals surface area (Å²) in [6.07, 6.45) is 0.226. The van der Waals surface area contributed by atoms with Crippen molar-refractivity contribution in [2.24, 2.45) is 0 Å². The first-order valence-corrected chi connectivity index (χ1v) is 8.86. The van der Waals surface area contributed by atoms with E-state index in [2.05, 4.69) is 6.07 Å². The van der Waals surface area contributed by atoms with Crippen LogP contribution in [-0.2, 0) is 9.59 Å². The molecule has 1 fully saturated rings. The van der Waals surface area contributed by atoms with E-state index in [-0.39, 0.29) is 37.4 Å². The molecule has 138 valence electrons. The molecule has 27 heavy (non-hydrogen) atoms. The molecule has 0 radical (unpaired) electrons. The molecule has 6 heteroatoms. The minimum atomic E-state index is -0.130. The van der Waals surface area contributed by atoms with Gasteiger partial charge in [0.1, 0.15) is 12.3 Å². The van der Waals surface area contributed by atoms with E-state index in [1.54, 1.807) is 34.1 Å². The van der Waals surface area contributed by atoms with Gasteiger partial charge in [0.05, 0.1) is 24.7 Å². The van der Waals surface area contributed by atoms with Crippen LogP contribution in [0.3, 0.4) is 0 Å². The fourth-order valence-corrected chi connectivity index (χ4v) is 3.07. The van der Waals surface area contributed by atoms with Crippen molar-refractivity contribution in [1.29, 1.82) is 5.26 Å². The van der Waals surface area contributed by atoms with Crippen molar-refractivity contribution in [3.8, 4) is 11.8 Å². The number of carbonyl (C=O) groups is 2. The van der Waals surface area contributed by atoms with Crippen LogP contribution in [-0.4, -0.2) is 42.5 Å². The molecule has 1 aliphatic rings. The van der Waals surface area contributed by atoms with Crippen molar-refractivity contribution in [1.82, 2.24) is 4.90 Å². The second-order valence-corrected chi connectivity index (χ2v) is 6.45. The molecule has 1 heterocycles. The van der Waals surface area contributed by atoms with Gasteiger partial charge in [-0.1, -0.05) is 18.2 Å². The first-order chi connectivity index (χ1) is 13.1. The topological polar surface area (TPSA) is 73.6 Å². The maximum atomic E-state index is 12.5. The van der Waals surface area contributed by atoms with Crippen LogP contribution in [0.1, 0.15) is 18.9 Å². The Morgan fingerprint density at radius 3 is 2.56 bits per heavy atom. The number of nitriles is 1. The molecule has 2 aromatic carbocycles. The van der Waals surface area contributed by atoms with Crippen LogP contribution in [0.2, 0.25) is 0 Å². The molecule has 0 unspecified atom stereocenters. The smallest absolute Gasteiger partial charge is 0.246 e. The summed E-state index contributed by atoms with van der Waals surface area (Å²) in [6.45, 7) is 2.68. The Morgan fingerprint density at radius 2 is 1.89 bits per heavy atom. The van der Waals surface area contributed by atoms with Crippen LogP contribution < -0.4 is 9.64 Å². The highest BCUT2D eigenvalue weighted by molar-refractivity contribution is 5.98. The zero-order valence-corrected chi connectivity index (χ0v) is 15.2. The number of amides is 2. The van der Waals surface area contributed by atoms with Crippen LogP contribution in [0.4, 0.5) is 5.69 Å². The van der Waals surface area contributed by atoms with Crippen LogP contribution >= 0.6 is 0 Å². The second kappa shape index (κ2) is 8.37. The van der Waals surface area contributed by atoms with Gasteiger partial charge in [0.25, 0.3) is 0 Å². The van der Waals surface area contributed by atoms with E-state index in [1.165, 1.54) is 0 Å². The number of carbonyl (C=O) groups excluding carboxylic acids is 2. The normalized spacial score (nSPS) is 16.7. The highest BCUT2D eigenvalue weighted by Gasteiger charge is 2.32. The Bertz CT molecular complexity index is 843. The molecule has 3 rings (SSSR count). The Morgan fingerprint density at radius 1 is 1.19 bits per heavy atom. The quantitative estimate of drug-likeness (QED) is 0.818. The third kappa shape index (κ3) is 4.45. The van der Waals surface area contributed by atoms with Crippen LogP contribution in [0, 0.1) is 11.3 Å². The van der Waals surface area contributed by atoms with Crippen LogP contribution in [0.15, 0.2) is 54.6 Å². The van der Waals surface area contributed by atoms with E-state index >= 15 is 0 Å². The summed E-state index contributed by atoms with van der Waals surface area (Å²) in [5.74, 6) is 0.501. The summed E-state index contributed by atoms with van der Waals surface area (Å²) in [5.41, 5.74) is 1.29. The number of benzene rings is 2. The molecule has 0 N–H and O–H groups in total. The number of nitrogens with zero attached hydrogens (tertiary/aromatic N) is 3. The van der Waals surface area contributed by atoms with Gasteiger partial charge in [-0.05, 0) is 43.3 Å². The summed E-state index contributed by atoms with van der Waals surface area (Å²) < 4.78 is 5.57. The zero-order valence-electron chi connectivity index (χ0n) is 15.2. The lowest BCUT2D eigenvalue weighted by Crippen LogP contribution is -2.57. The summed E-state index contributed by atoms with van der Waals surface area (Å²) in [5, 5.41) is 8.89. The number of para-hydroxylation sites is 1. The molecular formula is C21H21N3O3. The molecule has 0 aromatic heterocycles. The lowest BCUT2D eigenvalue weighted by Gasteiger charge is -2.39. The van der Waals surface area contributed by atoms with Crippen molar-refractivity contribution < 1.29 is 14.3 Å². The van der Waals surface area contributed by atoms with E-state index < -0.39 is 0 Å². The van der Waals surface area contributed by atoms with Crippen LogP contribution in [0.5, 0.6) is 5.75 Å². The van der Waals surface area contributed by atoms with Crippen molar-refractivity contribution in [2.45, 2.75) is 19.4 Å². The van der Waals surface area contributed by atoms with Gasteiger partial charge in [-0.15, -0.1) is 0 Å². The van der Waals surface area contributed by atoms with Crippen LogP contribution in [0.25, 0.3) is 0 Å². The first kappa shape index (κ1) is 18.5. The van der Waals surface area contributed by atoms with Gasteiger partial charge in [0.2, 0.25) is 11.8 Å². The molecule has 0 saturated carbocycles. The maximum Gasteiger partial charge on any atom is 0.246 e. The Kier molecular flexibility index (Phi) is 5.72. The average Bonchev–Trinajstić information content (AvgIpc) is 2.70. The molecule has 2 aromatic rings. The molecule has 1 atom stereocenters. The van der Waals surface area contributed by atoms with E-state index in [1.807, 2.05) is 37.3 Å². The van der Waals surface area contributed by atoms with Crippen molar-refractivity contribution >= 4 is 17.5 Å². The zero-order chi connectivity index (χ0) is 19.2. The molecule has 0 spiro atoms. The second-order valence-electron chi connectivity index (χ2n) is 6.45. The molecular weight excluding hydrogens is 342 g/mol. The fourth-order valence-electron chi connectivity index (χ4n) is 3.07. The van der Waals surface area contributed by atoms with Gasteiger partial charge >= 0.3 is 0 Å². The number of rotatable bonds is 5. The van der Waals surface area contributed by atoms with E-state index in [0.29, 0.717) is 12.1 Å². The van der Waals surface area contributed by atoms with Gasteiger partial charge in [0.15, 0.2) is 0 Å². The van der Waals surface area contributed by atoms with Gasteiger partial charge < -0.3 is 14.5 Å². The summed E-state index contributed by atoms with van der Waals surface area (Å²) >= 11 is 0. The fraction of sp³-hybridized carbons (Fsp3) is 0.286. The number of hydrogen-bond acceptors (Lipinski definition) is 4. The largest absolute Gasteiger partial charge is 0.493 e. The number of ether oxygens (including phenoxy) is 1. The minimum absolute atomic E-state index is 0.0470. The van der Waals surface area contributed by atoms with Crippen molar-refractivity contribution in [3.63, 3.8) is 0 Å². The molecule has 1 saturated heterocycles. The van der Waals surface area contributed by atoms with Gasteiger partial charge in [-0.3, -0.25) is 9.59 Å². The average molecular weight is 363 g/mol. The maximum absolute atomic E-state index is 12.5. The monoisotopic (exact) mass is 363 g/mol.